The second-order valence-electron chi connectivity index (χ2n) is 10.3. The molecule has 2 aromatic carbocycles. The SMILES string of the molecule is CCCCCCCCc1ccc(N=CC(CCCC)=Nc2ccc(CCCCCCCC)cc2)cc1.[Ni]. The molecule has 208 valence electrons. The Morgan fingerprint density at radius 1 is 0.541 bits per heavy atom. The fraction of sp³-hybridized carbons (Fsp3) is 0.588. The Labute approximate surface area is 238 Å². The molecule has 0 aliphatic heterocycles. The first-order valence-electron chi connectivity index (χ1n) is 15.0. The molecule has 2 nitrogen and oxygen atoms in total. The number of nitrogens with zero attached hydrogens (tertiary/aromatic N) is 2. The number of aliphatic imine (C=N–C) groups is 2. The fourth-order valence-corrected chi connectivity index (χ4v) is 4.53. The van der Waals surface area contributed by atoms with Crippen molar-refractivity contribution in [3.05, 3.63) is 59.7 Å². The van der Waals surface area contributed by atoms with E-state index in [4.69, 9.17) is 9.98 Å². The van der Waals surface area contributed by atoms with Crippen molar-refractivity contribution in [2.24, 2.45) is 9.98 Å². The molecule has 0 fully saturated rings. The summed E-state index contributed by atoms with van der Waals surface area (Å²) in [4.78, 5) is 9.70. The monoisotopic (exact) mass is 546 g/mol. The van der Waals surface area contributed by atoms with Crippen LogP contribution in [0.2, 0.25) is 0 Å². The average Bonchev–Trinajstić information content (AvgIpc) is 2.91. The van der Waals surface area contributed by atoms with E-state index in [-0.39, 0.29) is 16.5 Å². The van der Waals surface area contributed by atoms with Crippen LogP contribution in [-0.2, 0) is 29.3 Å². The molecule has 3 heteroatoms. The largest absolute Gasteiger partial charge is 0.255 e. The van der Waals surface area contributed by atoms with Crippen LogP contribution >= 0.6 is 0 Å². The second-order valence-corrected chi connectivity index (χ2v) is 10.3. The van der Waals surface area contributed by atoms with Gasteiger partial charge in [0.15, 0.2) is 0 Å². The van der Waals surface area contributed by atoms with E-state index in [1.807, 2.05) is 6.21 Å². The van der Waals surface area contributed by atoms with Crippen LogP contribution in [0.5, 0.6) is 0 Å². The van der Waals surface area contributed by atoms with Gasteiger partial charge in [0.1, 0.15) is 0 Å². The topological polar surface area (TPSA) is 24.7 Å². The molecule has 0 atom stereocenters. The minimum absolute atomic E-state index is 0. The summed E-state index contributed by atoms with van der Waals surface area (Å²) < 4.78 is 0. The van der Waals surface area contributed by atoms with Crippen molar-refractivity contribution in [1.82, 2.24) is 0 Å². The molecule has 0 aliphatic carbocycles. The van der Waals surface area contributed by atoms with E-state index in [2.05, 4.69) is 69.3 Å². The summed E-state index contributed by atoms with van der Waals surface area (Å²) in [6.45, 7) is 6.78. The van der Waals surface area contributed by atoms with Crippen LogP contribution in [-0.4, -0.2) is 11.9 Å². The van der Waals surface area contributed by atoms with E-state index >= 15 is 0 Å². The van der Waals surface area contributed by atoms with E-state index < -0.39 is 0 Å². The minimum Gasteiger partial charge on any atom is -0.255 e. The summed E-state index contributed by atoms with van der Waals surface area (Å²) in [5.41, 5.74) is 5.96. The summed E-state index contributed by atoms with van der Waals surface area (Å²) in [6, 6.07) is 17.6. The summed E-state index contributed by atoms with van der Waals surface area (Å²) in [5, 5.41) is 0. The van der Waals surface area contributed by atoms with Gasteiger partial charge in [-0.05, 0) is 73.9 Å². The molecule has 0 saturated heterocycles. The maximum atomic E-state index is 4.94. The average molecular weight is 547 g/mol. The van der Waals surface area contributed by atoms with Crippen LogP contribution in [0.4, 0.5) is 11.4 Å². The van der Waals surface area contributed by atoms with Crippen LogP contribution < -0.4 is 0 Å². The van der Waals surface area contributed by atoms with Gasteiger partial charge in [-0.25, -0.2) is 0 Å². The number of rotatable bonds is 20. The smallest absolute Gasteiger partial charge is 0.0633 e. The van der Waals surface area contributed by atoms with Crippen LogP contribution in [0.1, 0.15) is 128 Å². The molecule has 0 bridgehead atoms. The molecule has 0 saturated carbocycles. The molecule has 0 spiro atoms. The van der Waals surface area contributed by atoms with E-state index in [0.29, 0.717) is 0 Å². The Balaban J connectivity index is 0.00000684. The van der Waals surface area contributed by atoms with Crippen molar-refractivity contribution < 1.29 is 16.5 Å². The maximum Gasteiger partial charge on any atom is 0.0633 e. The quantitative estimate of drug-likeness (QED) is 0.0895. The molecule has 2 rings (SSSR count). The van der Waals surface area contributed by atoms with Gasteiger partial charge < -0.3 is 0 Å². The van der Waals surface area contributed by atoms with Crippen molar-refractivity contribution in [1.29, 1.82) is 0 Å². The van der Waals surface area contributed by atoms with Crippen molar-refractivity contribution in [2.45, 2.75) is 130 Å². The van der Waals surface area contributed by atoms with E-state index in [9.17, 15) is 0 Å². The molecular formula is C34H52N2Ni. The van der Waals surface area contributed by atoms with Crippen molar-refractivity contribution in [3.63, 3.8) is 0 Å². The Kier molecular flexibility index (Phi) is 20.0. The summed E-state index contributed by atoms with van der Waals surface area (Å²) in [7, 11) is 0. The molecule has 0 radical (unpaired) electrons. The van der Waals surface area contributed by atoms with Gasteiger partial charge >= 0.3 is 0 Å². The van der Waals surface area contributed by atoms with Gasteiger partial charge in [-0.15, -0.1) is 0 Å². The molecular weight excluding hydrogens is 495 g/mol. The normalized spacial score (nSPS) is 11.7. The Bertz CT molecular complexity index is 852. The van der Waals surface area contributed by atoms with Crippen LogP contribution in [0.15, 0.2) is 58.5 Å². The second kappa shape index (κ2) is 22.3. The van der Waals surface area contributed by atoms with Gasteiger partial charge in [-0.2, -0.15) is 0 Å². The van der Waals surface area contributed by atoms with Gasteiger partial charge in [0.05, 0.1) is 17.1 Å². The van der Waals surface area contributed by atoms with E-state index in [1.165, 1.54) is 101 Å². The fourth-order valence-electron chi connectivity index (χ4n) is 4.53. The number of unbranched alkanes of at least 4 members (excludes halogenated alkanes) is 11. The molecule has 0 aromatic heterocycles. The minimum atomic E-state index is 0. The Hall–Kier alpha value is -1.73. The number of hydrogen-bond acceptors (Lipinski definition) is 2. The zero-order valence-electron chi connectivity index (χ0n) is 23.9. The number of aryl methyl sites for hydroxylation is 2. The molecule has 0 amide bonds. The summed E-state index contributed by atoms with van der Waals surface area (Å²) in [6.07, 6.45) is 23.8. The van der Waals surface area contributed by atoms with Crippen LogP contribution in [0.25, 0.3) is 0 Å². The van der Waals surface area contributed by atoms with E-state index in [0.717, 1.165) is 36.3 Å². The van der Waals surface area contributed by atoms with Crippen molar-refractivity contribution in [2.75, 3.05) is 0 Å². The third-order valence-corrected chi connectivity index (χ3v) is 6.93. The van der Waals surface area contributed by atoms with Gasteiger partial charge in [0.25, 0.3) is 0 Å². The number of benzene rings is 2. The zero-order valence-corrected chi connectivity index (χ0v) is 24.9. The molecule has 0 heterocycles. The van der Waals surface area contributed by atoms with Gasteiger partial charge in [-0.3, -0.25) is 9.98 Å². The Morgan fingerprint density at radius 2 is 0.973 bits per heavy atom. The third kappa shape index (κ3) is 16.0. The maximum absolute atomic E-state index is 4.94. The van der Waals surface area contributed by atoms with Crippen LogP contribution in [0, 0.1) is 0 Å². The first kappa shape index (κ1) is 33.3. The third-order valence-electron chi connectivity index (χ3n) is 6.93. The summed E-state index contributed by atoms with van der Waals surface area (Å²) in [5.74, 6) is 0. The summed E-state index contributed by atoms with van der Waals surface area (Å²) >= 11 is 0. The molecule has 0 unspecified atom stereocenters. The van der Waals surface area contributed by atoms with Gasteiger partial charge in [0.2, 0.25) is 0 Å². The van der Waals surface area contributed by atoms with Gasteiger partial charge in [-0.1, -0.05) is 116 Å². The van der Waals surface area contributed by atoms with Crippen molar-refractivity contribution in [3.8, 4) is 0 Å². The predicted octanol–water partition coefficient (Wildman–Crippen LogP) is 11.2. The number of hydrogen-bond donors (Lipinski definition) is 0. The molecule has 0 aliphatic rings. The molecule has 0 N–H and O–H groups in total. The first-order chi connectivity index (χ1) is 17.7. The van der Waals surface area contributed by atoms with Crippen molar-refractivity contribution >= 4 is 23.3 Å². The first-order valence-corrected chi connectivity index (χ1v) is 15.0. The van der Waals surface area contributed by atoms with Crippen LogP contribution in [0.3, 0.4) is 0 Å². The standard InChI is InChI=1S/C34H52N2.Ni/c1-4-7-10-12-14-16-18-30-21-25-32(26-22-30)35-29-34(20-9-6-3)36-33-27-23-31(24-28-33)19-17-15-13-11-8-5-2;/h21-29H,4-20H2,1-3H3;. The zero-order chi connectivity index (χ0) is 25.7. The van der Waals surface area contributed by atoms with Gasteiger partial charge in [0, 0.05) is 22.7 Å². The predicted molar refractivity (Wildman–Crippen MR) is 162 cm³/mol. The molecule has 37 heavy (non-hydrogen) atoms. The Morgan fingerprint density at radius 3 is 1.46 bits per heavy atom. The molecule has 2 aromatic rings. The van der Waals surface area contributed by atoms with E-state index in [1.54, 1.807) is 0 Å².